The molecular weight excluding hydrogens is 256 g/mol. The van der Waals surface area contributed by atoms with Gasteiger partial charge in [0.25, 0.3) is 6.43 Å². The van der Waals surface area contributed by atoms with Crippen molar-refractivity contribution in [2.24, 2.45) is 0 Å². The molecule has 3 heteroatoms. The van der Waals surface area contributed by atoms with Crippen LogP contribution in [0.5, 0.6) is 0 Å². The molecule has 1 unspecified atom stereocenters. The number of rotatable bonds is 4. The molecule has 0 saturated carbocycles. The molecule has 0 aromatic heterocycles. The predicted octanol–water partition coefficient (Wildman–Crippen LogP) is 4.40. The van der Waals surface area contributed by atoms with Crippen LogP contribution in [-0.2, 0) is 13.0 Å². The molecule has 0 radical (unpaired) electrons. The summed E-state index contributed by atoms with van der Waals surface area (Å²) < 4.78 is 25.3. The fourth-order valence-electron chi connectivity index (χ4n) is 2.85. The van der Waals surface area contributed by atoms with E-state index in [0.717, 1.165) is 18.4 Å². The first-order chi connectivity index (χ1) is 9.74. The molecule has 0 saturated heterocycles. The first kappa shape index (κ1) is 13.3. The van der Waals surface area contributed by atoms with Gasteiger partial charge >= 0.3 is 0 Å². The molecule has 1 nitrogen and oxygen atoms in total. The predicted molar refractivity (Wildman–Crippen MR) is 75.7 cm³/mol. The summed E-state index contributed by atoms with van der Waals surface area (Å²) in [6.07, 6.45) is -0.235. The number of hydrogen-bond donors (Lipinski definition) is 1. The van der Waals surface area contributed by atoms with Crippen molar-refractivity contribution in [3.8, 4) is 0 Å². The lowest BCUT2D eigenvalue weighted by atomic mass is 10.1. The third-order valence-electron chi connectivity index (χ3n) is 3.89. The second-order valence-corrected chi connectivity index (χ2v) is 5.22. The third kappa shape index (κ3) is 2.73. The van der Waals surface area contributed by atoms with E-state index >= 15 is 0 Å². The molecule has 0 amide bonds. The van der Waals surface area contributed by atoms with Crippen LogP contribution in [0.2, 0.25) is 0 Å². The van der Waals surface area contributed by atoms with E-state index in [1.807, 2.05) is 6.07 Å². The van der Waals surface area contributed by atoms with Crippen molar-refractivity contribution in [3.63, 3.8) is 0 Å². The Bertz CT molecular complexity index is 595. The molecule has 20 heavy (non-hydrogen) atoms. The quantitative estimate of drug-likeness (QED) is 0.870. The summed E-state index contributed by atoms with van der Waals surface area (Å²) in [5, 5.41) is 3.48. The van der Waals surface area contributed by atoms with Gasteiger partial charge < -0.3 is 5.32 Å². The highest BCUT2D eigenvalue weighted by atomic mass is 19.3. The summed E-state index contributed by atoms with van der Waals surface area (Å²) in [6, 6.07) is 15.4. The van der Waals surface area contributed by atoms with Crippen molar-refractivity contribution in [1.29, 1.82) is 0 Å². The van der Waals surface area contributed by atoms with Gasteiger partial charge in [-0.05, 0) is 35.6 Å². The van der Waals surface area contributed by atoms with E-state index in [1.54, 1.807) is 12.1 Å². The Labute approximate surface area is 117 Å². The zero-order chi connectivity index (χ0) is 13.9. The van der Waals surface area contributed by atoms with Gasteiger partial charge in [-0.25, -0.2) is 8.78 Å². The number of hydrogen-bond acceptors (Lipinski definition) is 1. The van der Waals surface area contributed by atoms with E-state index in [1.165, 1.54) is 17.2 Å². The highest BCUT2D eigenvalue weighted by molar-refractivity contribution is 5.34. The Morgan fingerprint density at radius 3 is 2.80 bits per heavy atom. The minimum absolute atomic E-state index is 0.0936. The monoisotopic (exact) mass is 273 g/mol. The maximum absolute atomic E-state index is 12.7. The third-order valence-corrected chi connectivity index (χ3v) is 3.89. The Morgan fingerprint density at radius 2 is 1.95 bits per heavy atom. The topological polar surface area (TPSA) is 12.0 Å². The fraction of sp³-hybridized carbons (Fsp3) is 0.294. The van der Waals surface area contributed by atoms with Crippen molar-refractivity contribution in [2.45, 2.75) is 31.9 Å². The molecular formula is C17H17F2N. The van der Waals surface area contributed by atoms with Crippen molar-refractivity contribution in [1.82, 2.24) is 5.32 Å². The van der Waals surface area contributed by atoms with Crippen LogP contribution in [0.3, 0.4) is 0 Å². The molecule has 0 spiro atoms. The van der Waals surface area contributed by atoms with E-state index in [-0.39, 0.29) is 5.56 Å². The van der Waals surface area contributed by atoms with Crippen LogP contribution in [0.15, 0.2) is 48.5 Å². The Morgan fingerprint density at radius 1 is 1.10 bits per heavy atom. The molecule has 1 aliphatic carbocycles. The van der Waals surface area contributed by atoms with Crippen LogP contribution in [0, 0.1) is 0 Å². The number of alkyl halides is 2. The summed E-state index contributed by atoms with van der Waals surface area (Å²) >= 11 is 0. The summed E-state index contributed by atoms with van der Waals surface area (Å²) in [4.78, 5) is 0. The first-order valence-electron chi connectivity index (χ1n) is 6.92. The summed E-state index contributed by atoms with van der Waals surface area (Å²) in [7, 11) is 0. The molecule has 2 aromatic rings. The maximum Gasteiger partial charge on any atom is 0.263 e. The lowest BCUT2D eigenvalue weighted by Gasteiger charge is -2.14. The molecule has 0 fully saturated rings. The normalized spacial score (nSPS) is 17.4. The number of nitrogens with one attached hydrogen (secondary N) is 1. The van der Waals surface area contributed by atoms with Crippen molar-refractivity contribution in [2.75, 3.05) is 0 Å². The van der Waals surface area contributed by atoms with Gasteiger partial charge in [0.2, 0.25) is 0 Å². The Kier molecular flexibility index (Phi) is 3.79. The van der Waals surface area contributed by atoms with Crippen molar-refractivity contribution in [3.05, 3.63) is 70.8 Å². The number of fused-ring (bicyclic) bond motifs is 1. The van der Waals surface area contributed by atoms with Gasteiger partial charge in [0.05, 0.1) is 0 Å². The van der Waals surface area contributed by atoms with E-state index in [9.17, 15) is 8.78 Å². The van der Waals surface area contributed by atoms with Crippen LogP contribution in [0.25, 0.3) is 0 Å². The summed E-state index contributed by atoms with van der Waals surface area (Å²) in [5.41, 5.74) is 3.74. The number of benzene rings is 2. The second kappa shape index (κ2) is 5.71. The smallest absolute Gasteiger partial charge is 0.263 e. The Hall–Kier alpha value is -1.74. The number of aryl methyl sites for hydroxylation is 1. The van der Waals surface area contributed by atoms with E-state index in [2.05, 4.69) is 29.6 Å². The molecule has 1 atom stereocenters. The largest absolute Gasteiger partial charge is 0.306 e. The second-order valence-electron chi connectivity index (χ2n) is 5.22. The zero-order valence-corrected chi connectivity index (χ0v) is 11.2. The van der Waals surface area contributed by atoms with Gasteiger partial charge in [0.1, 0.15) is 0 Å². The first-order valence-corrected chi connectivity index (χ1v) is 6.92. The van der Waals surface area contributed by atoms with Crippen molar-refractivity contribution >= 4 is 0 Å². The molecule has 1 N–H and O–H groups in total. The Balaban J connectivity index is 1.67. The average Bonchev–Trinajstić information content (AvgIpc) is 2.89. The SMILES string of the molecule is FC(F)c1cccc(CNC2CCc3ccccc32)c1. The lowest BCUT2D eigenvalue weighted by molar-refractivity contribution is 0.151. The molecule has 3 rings (SSSR count). The van der Waals surface area contributed by atoms with Gasteiger partial charge in [-0.3, -0.25) is 0 Å². The van der Waals surface area contributed by atoms with E-state index < -0.39 is 6.43 Å². The number of halogens is 2. The van der Waals surface area contributed by atoms with Crippen LogP contribution in [0.4, 0.5) is 8.78 Å². The van der Waals surface area contributed by atoms with Crippen LogP contribution in [-0.4, -0.2) is 0 Å². The van der Waals surface area contributed by atoms with Crippen LogP contribution >= 0.6 is 0 Å². The molecule has 104 valence electrons. The molecule has 1 aliphatic rings. The minimum atomic E-state index is -2.40. The zero-order valence-electron chi connectivity index (χ0n) is 11.2. The van der Waals surface area contributed by atoms with E-state index in [4.69, 9.17) is 0 Å². The minimum Gasteiger partial charge on any atom is -0.306 e. The van der Waals surface area contributed by atoms with Gasteiger partial charge in [-0.15, -0.1) is 0 Å². The van der Waals surface area contributed by atoms with Gasteiger partial charge in [0.15, 0.2) is 0 Å². The average molecular weight is 273 g/mol. The fourth-order valence-corrected chi connectivity index (χ4v) is 2.85. The molecule has 2 aromatic carbocycles. The molecule has 0 heterocycles. The highest BCUT2D eigenvalue weighted by Gasteiger charge is 2.21. The van der Waals surface area contributed by atoms with Gasteiger partial charge in [-0.2, -0.15) is 0 Å². The lowest BCUT2D eigenvalue weighted by Crippen LogP contribution is -2.18. The van der Waals surface area contributed by atoms with Gasteiger partial charge in [0, 0.05) is 18.2 Å². The standard InChI is InChI=1S/C17H17F2N/c18-17(19)14-6-3-4-12(10-14)11-20-16-9-8-13-5-1-2-7-15(13)16/h1-7,10,16-17,20H,8-9,11H2. The molecule has 0 bridgehead atoms. The molecule has 0 aliphatic heterocycles. The van der Waals surface area contributed by atoms with Crippen LogP contribution < -0.4 is 5.32 Å². The van der Waals surface area contributed by atoms with E-state index in [0.29, 0.717) is 12.6 Å². The van der Waals surface area contributed by atoms with Gasteiger partial charge in [-0.1, -0.05) is 42.5 Å². The van der Waals surface area contributed by atoms with Crippen molar-refractivity contribution < 1.29 is 8.78 Å². The maximum atomic E-state index is 12.7. The summed E-state index contributed by atoms with van der Waals surface area (Å²) in [5.74, 6) is 0. The van der Waals surface area contributed by atoms with Crippen LogP contribution in [0.1, 0.15) is 41.1 Å². The summed E-state index contributed by atoms with van der Waals surface area (Å²) in [6.45, 7) is 0.625. The highest BCUT2D eigenvalue weighted by Crippen LogP contribution is 2.31.